The third kappa shape index (κ3) is 2.33. The van der Waals surface area contributed by atoms with Gasteiger partial charge in [-0.25, -0.2) is 0 Å². The molecule has 0 saturated carbocycles. The molecule has 1 heterocycles. The van der Waals surface area contributed by atoms with Gasteiger partial charge in [-0.05, 0) is 0 Å². The summed E-state index contributed by atoms with van der Waals surface area (Å²) >= 11 is 0. The maximum atomic E-state index is 4.98. The molecule has 2 heteroatoms. The summed E-state index contributed by atoms with van der Waals surface area (Å²) < 4.78 is 0. The number of hydrogen-bond acceptors (Lipinski definition) is 2. The van der Waals surface area contributed by atoms with E-state index in [0.717, 1.165) is 22.6 Å². The van der Waals surface area contributed by atoms with E-state index in [1.54, 1.807) is 0 Å². The van der Waals surface area contributed by atoms with Gasteiger partial charge in [0.2, 0.25) is 0 Å². The fraction of sp³-hybridized carbons (Fsp3) is 0.100. The number of benzene rings is 2. The molecule has 2 atom stereocenters. The van der Waals surface area contributed by atoms with Gasteiger partial charge in [0.25, 0.3) is 0 Å². The largest absolute Gasteiger partial charge is 0.272 e. The molecule has 2 nitrogen and oxygen atoms in total. The highest BCUT2D eigenvalue weighted by Crippen LogP contribution is 2.22. The lowest BCUT2D eigenvalue weighted by molar-refractivity contribution is 0.697. The van der Waals surface area contributed by atoms with Gasteiger partial charge in [0.05, 0.1) is 23.5 Å². The molecule has 0 spiro atoms. The SMILES string of the molecule is C1=CC2N=C(c3ccccc3)C(c3ccccc3)=NC2C=C1. The minimum Gasteiger partial charge on any atom is -0.272 e. The number of aliphatic imine (C=N–C) groups is 2. The molecule has 106 valence electrons. The van der Waals surface area contributed by atoms with Crippen LogP contribution < -0.4 is 0 Å². The van der Waals surface area contributed by atoms with Crippen LogP contribution in [0.25, 0.3) is 0 Å². The Kier molecular flexibility index (Phi) is 3.28. The second-order valence-electron chi connectivity index (χ2n) is 5.44. The quantitative estimate of drug-likeness (QED) is 0.800. The number of hydrogen-bond donors (Lipinski definition) is 0. The minimum atomic E-state index is 0.104. The topological polar surface area (TPSA) is 24.7 Å². The molecule has 0 saturated heterocycles. The predicted molar refractivity (Wildman–Crippen MR) is 91.8 cm³/mol. The maximum Gasteiger partial charge on any atom is 0.0950 e. The molecule has 1 aliphatic carbocycles. The first kappa shape index (κ1) is 13.0. The van der Waals surface area contributed by atoms with Gasteiger partial charge in [-0.15, -0.1) is 0 Å². The summed E-state index contributed by atoms with van der Waals surface area (Å²) in [6, 6.07) is 20.8. The van der Waals surface area contributed by atoms with Gasteiger partial charge < -0.3 is 0 Å². The van der Waals surface area contributed by atoms with Gasteiger partial charge in [0, 0.05) is 11.1 Å². The third-order valence-electron chi connectivity index (χ3n) is 3.95. The Morgan fingerprint density at radius 2 is 0.955 bits per heavy atom. The number of allylic oxidation sites excluding steroid dienone is 2. The van der Waals surface area contributed by atoms with Crippen molar-refractivity contribution in [3.63, 3.8) is 0 Å². The van der Waals surface area contributed by atoms with Crippen molar-refractivity contribution < 1.29 is 0 Å². The summed E-state index contributed by atoms with van der Waals surface area (Å²) in [5.74, 6) is 0. The summed E-state index contributed by atoms with van der Waals surface area (Å²) in [7, 11) is 0. The van der Waals surface area contributed by atoms with E-state index in [-0.39, 0.29) is 12.1 Å². The molecule has 0 radical (unpaired) electrons. The molecule has 1 aliphatic heterocycles. The molecule has 0 bridgehead atoms. The van der Waals surface area contributed by atoms with E-state index in [1.165, 1.54) is 0 Å². The van der Waals surface area contributed by atoms with Crippen LogP contribution in [0.4, 0.5) is 0 Å². The average molecular weight is 284 g/mol. The fourth-order valence-corrected chi connectivity index (χ4v) is 2.86. The molecular weight excluding hydrogens is 268 g/mol. The lowest BCUT2D eigenvalue weighted by Crippen LogP contribution is -2.33. The Bertz CT molecular complexity index is 713. The van der Waals surface area contributed by atoms with E-state index in [0.29, 0.717) is 0 Å². The Hall–Kier alpha value is -2.74. The first-order chi connectivity index (χ1) is 10.9. The highest BCUT2D eigenvalue weighted by molar-refractivity contribution is 6.54. The summed E-state index contributed by atoms with van der Waals surface area (Å²) in [6.45, 7) is 0. The number of nitrogens with zero attached hydrogens (tertiary/aromatic N) is 2. The van der Waals surface area contributed by atoms with Crippen molar-refractivity contribution in [2.75, 3.05) is 0 Å². The van der Waals surface area contributed by atoms with Crippen molar-refractivity contribution in [3.8, 4) is 0 Å². The summed E-state index contributed by atoms with van der Waals surface area (Å²) in [5, 5.41) is 0. The molecule has 4 rings (SSSR count). The molecule has 2 aliphatic rings. The number of fused-ring (bicyclic) bond motifs is 1. The fourth-order valence-electron chi connectivity index (χ4n) is 2.86. The average Bonchev–Trinajstić information content (AvgIpc) is 2.62. The van der Waals surface area contributed by atoms with E-state index in [4.69, 9.17) is 9.98 Å². The molecular formula is C20H16N2. The summed E-state index contributed by atoms with van der Waals surface area (Å²) in [4.78, 5) is 9.96. The van der Waals surface area contributed by atoms with E-state index >= 15 is 0 Å². The van der Waals surface area contributed by atoms with Gasteiger partial charge in [-0.1, -0.05) is 85.0 Å². The van der Waals surface area contributed by atoms with Crippen molar-refractivity contribution >= 4 is 11.4 Å². The van der Waals surface area contributed by atoms with Crippen molar-refractivity contribution in [1.29, 1.82) is 0 Å². The molecule has 0 amide bonds. The third-order valence-corrected chi connectivity index (χ3v) is 3.95. The first-order valence-corrected chi connectivity index (χ1v) is 7.53. The lowest BCUT2D eigenvalue weighted by atomic mass is 9.94. The van der Waals surface area contributed by atoms with Crippen molar-refractivity contribution in [2.45, 2.75) is 12.1 Å². The van der Waals surface area contributed by atoms with Crippen LogP contribution in [0.5, 0.6) is 0 Å². The molecule has 22 heavy (non-hydrogen) atoms. The van der Waals surface area contributed by atoms with Gasteiger partial charge in [0.15, 0.2) is 0 Å². The first-order valence-electron chi connectivity index (χ1n) is 7.53. The van der Waals surface area contributed by atoms with Gasteiger partial charge >= 0.3 is 0 Å². The van der Waals surface area contributed by atoms with Crippen molar-refractivity contribution in [2.24, 2.45) is 9.98 Å². The van der Waals surface area contributed by atoms with Crippen LogP contribution in [-0.4, -0.2) is 23.5 Å². The van der Waals surface area contributed by atoms with E-state index in [1.807, 2.05) is 36.4 Å². The molecule has 0 fully saturated rings. The zero-order valence-corrected chi connectivity index (χ0v) is 12.1. The van der Waals surface area contributed by atoms with Crippen LogP contribution in [0.3, 0.4) is 0 Å². The monoisotopic (exact) mass is 284 g/mol. The standard InChI is InChI=1S/C20H16N2/c1-3-9-15(10-4-1)19-20(16-11-5-2-6-12-16)22-18-14-8-7-13-17(18)21-19/h1-14,17-18H. The zero-order valence-electron chi connectivity index (χ0n) is 12.1. The predicted octanol–water partition coefficient (Wildman–Crippen LogP) is 3.84. The second-order valence-corrected chi connectivity index (χ2v) is 5.44. The van der Waals surface area contributed by atoms with Gasteiger partial charge in [-0.3, -0.25) is 9.98 Å². The van der Waals surface area contributed by atoms with Crippen LogP contribution in [-0.2, 0) is 0 Å². The van der Waals surface area contributed by atoms with Crippen LogP contribution >= 0.6 is 0 Å². The molecule has 0 aromatic heterocycles. The summed E-state index contributed by atoms with van der Waals surface area (Å²) in [5.41, 5.74) is 4.19. The Balaban J connectivity index is 1.85. The highest BCUT2D eigenvalue weighted by Gasteiger charge is 2.26. The molecule has 2 unspecified atom stereocenters. The van der Waals surface area contributed by atoms with Crippen LogP contribution in [0, 0.1) is 0 Å². The minimum absolute atomic E-state index is 0.104. The van der Waals surface area contributed by atoms with Crippen LogP contribution in [0.15, 0.2) is 95.0 Å². The van der Waals surface area contributed by atoms with Gasteiger partial charge in [-0.2, -0.15) is 0 Å². The Labute approximate surface area is 130 Å². The van der Waals surface area contributed by atoms with Gasteiger partial charge in [0.1, 0.15) is 0 Å². The van der Waals surface area contributed by atoms with Crippen molar-refractivity contribution in [3.05, 3.63) is 96.1 Å². The van der Waals surface area contributed by atoms with Crippen LogP contribution in [0.1, 0.15) is 11.1 Å². The molecule has 2 aromatic rings. The van der Waals surface area contributed by atoms with E-state index < -0.39 is 0 Å². The normalized spacial score (nSPS) is 22.7. The second kappa shape index (κ2) is 5.57. The number of rotatable bonds is 2. The lowest BCUT2D eigenvalue weighted by Gasteiger charge is -2.26. The Morgan fingerprint density at radius 3 is 1.36 bits per heavy atom. The van der Waals surface area contributed by atoms with E-state index in [9.17, 15) is 0 Å². The zero-order chi connectivity index (χ0) is 14.8. The summed E-state index contributed by atoms with van der Waals surface area (Å²) in [6.07, 6.45) is 8.35. The Morgan fingerprint density at radius 1 is 0.545 bits per heavy atom. The molecule has 0 N–H and O–H groups in total. The van der Waals surface area contributed by atoms with Crippen molar-refractivity contribution in [1.82, 2.24) is 0 Å². The smallest absolute Gasteiger partial charge is 0.0950 e. The molecule has 2 aromatic carbocycles. The van der Waals surface area contributed by atoms with Crippen LogP contribution in [0.2, 0.25) is 0 Å². The maximum absolute atomic E-state index is 4.98. The van der Waals surface area contributed by atoms with E-state index in [2.05, 4.69) is 48.6 Å². The highest BCUT2D eigenvalue weighted by atomic mass is 15.0.